The van der Waals surface area contributed by atoms with Crippen molar-refractivity contribution in [2.45, 2.75) is 24.6 Å². The molecule has 1 heterocycles. The summed E-state index contributed by atoms with van der Waals surface area (Å²) in [4.78, 5) is 0.609. The van der Waals surface area contributed by atoms with Crippen molar-refractivity contribution in [2.24, 2.45) is 0 Å². The molecule has 1 atom stereocenters. The molecule has 0 N–H and O–H groups in total. The fourth-order valence-corrected chi connectivity index (χ4v) is 2.78. The molecule has 0 aliphatic rings. The predicted octanol–water partition coefficient (Wildman–Crippen LogP) is 4.62. The van der Waals surface area contributed by atoms with E-state index in [0.717, 1.165) is 0 Å². The molecule has 0 fully saturated rings. The lowest BCUT2D eigenvalue weighted by Gasteiger charge is -2.04. The summed E-state index contributed by atoms with van der Waals surface area (Å²) in [6.45, 7) is 2.20. The highest BCUT2D eigenvalue weighted by Gasteiger charge is 2.03. The number of hydrogen-bond acceptors (Lipinski definition) is 1. The van der Waals surface area contributed by atoms with Gasteiger partial charge in [0.05, 0.1) is 0 Å². The average Bonchev–Trinajstić information content (AvgIpc) is 2.62. The molecule has 0 aliphatic carbocycles. The van der Waals surface area contributed by atoms with E-state index < -0.39 is 0 Å². The minimum Gasteiger partial charge on any atom is -0.144 e. The first-order chi connectivity index (χ1) is 6.77. The van der Waals surface area contributed by atoms with Crippen LogP contribution in [0, 0.1) is 0 Å². The summed E-state index contributed by atoms with van der Waals surface area (Å²) in [6.07, 6.45) is 2.38. The summed E-state index contributed by atoms with van der Waals surface area (Å²) in [6, 6.07) is 8.78. The second-order valence-corrected chi connectivity index (χ2v) is 6.05. The van der Waals surface area contributed by atoms with Crippen molar-refractivity contribution in [3.05, 3.63) is 35.2 Å². The van der Waals surface area contributed by atoms with Gasteiger partial charge in [0.25, 0.3) is 0 Å². The van der Waals surface area contributed by atoms with Gasteiger partial charge < -0.3 is 0 Å². The lowest BCUT2D eigenvalue weighted by molar-refractivity contribution is 0.827. The zero-order valence-electron chi connectivity index (χ0n) is 8.16. The molecule has 74 valence electrons. The molecule has 1 aromatic carbocycles. The Morgan fingerprint density at radius 1 is 1.36 bits per heavy atom. The summed E-state index contributed by atoms with van der Waals surface area (Å²) < 4.78 is 1.46. The van der Waals surface area contributed by atoms with Crippen molar-refractivity contribution < 1.29 is 0 Å². The van der Waals surface area contributed by atoms with Gasteiger partial charge in [-0.15, -0.1) is 11.3 Å². The highest BCUT2D eigenvalue weighted by Crippen LogP contribution is 2.26. The molecular weight excluding hydrogens is 256 g/mol. The Bertz CT molecular complexity index is 417. The van der Waals surface area contributed by atoms with E-state index in [4.69, 9.17) is 0 Å². The molecule has 1 aromatic heterocycles. The third-order valence-corrected chi connectivity index (χ3v) is 3.84. The van der Waals surface area contributed by atoms with Gasteiger partial charge in [-0.2, -0.15) is 0 Å². The van der Waals surface area contributed by atoms with Crippen molar-refractivity contribution in [1.82, 2.24) is 0 Å². The first-order valence-electron chi connectivity index (χ1n) is 4.86. The Hall–Kier alpha value is -0.340. The number of benzene rings is 1. The van der Waals surface area contributed by atoms with Crippen LogP contribution in [0.3, 0.4) is 0 Å². The van der Waals surface area contributed by atoms with Crippen LogP contribution in [0.4, 0.5) is 0 Å². The van der Waals surface area contributed by atoms with Crippen LogP contribution >= 0.6 is 27.3 Å². The van der Waals surface area contributed by atoms with Gasteiger partial charge >= 0.3 is 0 Å². The summed E-state index contributed by atoms with van der Waals surface area (Å²) in [5.74, 6) is 0. The molecule has 2 aromatic rings. The van der Waals surface area contributed by atoms with Crippen molar-refractivity contribution in [3.8, 4) is 0 Å². The van der Waals surface area contributed by atoms with Crippen LogP contribution in [0.25, 0.3) is 10.1 Å². The lowest BCUT2D eigenvalue weighted by Crippen LogP contribution is -1.93. The van der Waals surface area contributed by atoms with Gasteiger partial charge in [-0.3, -0.25) is 0 Å². The SMILES string of the molecule is CC(Br)CCc1cccc2ccsc12. The number of fused-ring (bicyclic) bond motifs is 1. The molecule has 0 bridgehead atoms. The van der Waals surface area contributed by atoms with Crippen LogP contribution in [0.15, 0.2) is 29.6 Å². The number of hydrogen-bond donors (Lipinski definition) is 0. The van der Waals surface area contributed by atoms with Crippen molar-refractivity contribution in [3.63, 3.8) is 0 Å². The van der Waals surface area contributed by atoms with Gasteiger partial charge in [-0.25, -0.2) is 0 Å². The van der Waals surface area contributed by atoms with E-state index in [1.807, 2.05) is 11.3 Å². The molecule has 0 saturated heterocycles. The topological polar surface area (TPSA) is 0 Å². The third kappa shape index (κ3) is 2.18. The summed E-state index contributed by atoms with van der Waals surface area (Å²) >= 11 is 5.44. The number of aryl methyl sites for hydroxylation is 1. The maximum Gasteiger partial charge on any atom is 0.0374 e. The van der Waals surface area contributed by atoms with E-state index in [-0.39, 0.29) is 0 Å². The highest BCUT2D eigenvalue weighted by molar-refractivity contribution is 9.09. The zero-order valence-corrected chi connectivity index (χ0v) is 10.6. The Labute approximate surface area is 97.1 Å². The molecule has 0 amide bonds. The molecule has 2 rings (SSSR count). The van der Waals surface area contributed by atoms with Crippen LogP contribution in [0.1, 0.15) is 18.9 Å². The highest BCUT2D eigenvalue weighted by atomic mass is 79.9. The number of rotatable bonds is 3. The van der Waals surface area contributed by atoms with Gasteiger partial charge in [0.1, 0.15) is 0 Å². The Kier molecular flexibility index (Phi) is 3.24. The zero-order chi connectivity index (χ0) is 9.97. The summed E-state index contributed by atoms with van der Waals surface area (Å²) in [5.41, 5.74) is 1.49. The van der Waals surface area contributed by atoms with Gasteiger partial charge in [0.15, 0.2) is 0 Å². The first kappa shape index (κ1) is 10.2. The Morgan fingerprint density at radius 3 is 3.00 bits per heavy atom. The fraction of sp³-hybridized carbons (Fsp3) is 0.333. The second-order valence-electron chi connectivity index (χ2n) is 3.58. The Balaban J connectivity index is 2.27. The van der Waals surface area contributed by atoms with Crippen LogP contribution < -0.4 is 0 Å². The molecule has 0 saturated carbocycles. The average molecular weight is 269 g/mol. The third-order valence-electron chi connectivity index (χ3n) is 2.37. The minimum atomic E-state index is 0.609. The normalized spacial score (nSPS) is 13.3. The first-order valence-corrected chi connectivity index (χ1v) is 6.66. The van der Waals surface area contributed by atoms with Crippen molar-refractivity contribution in [1.29, 1.82) is 0 Å². The molecule has 0 nitrogen and oxygen atoms in total. The second kappa shape index (κ2) is 4.45. The van der Waals surface area contributed by atoms with Gasteiger partial charge in [-0.1, -0.05) is 41.1 Å². The molecule has 14 heavy (non-hydrogen) atoms. The van der Waals surface area contributed by atoms with Crippen LogP contribution in [-0.4, -0.2) is 4.83 Å². The largest absolute Gasteiger partial charge is 0.144 e. The number of alkyl halides is 1. The van der Waals surface area contributed by atoms with E-state index in [2.05, 4.69) is 52.5 Å². The van der Waals surface area contributed by atoms with Gasteiger partial charge in [0.2, 0.25) is 0 Å². The van der Waals surface area contributed by atoms with E-state index in [1.54, 1.807) is 0 Å². The molecule has 0 spiro atoms. The summed E-state index contributed by atoms with van der Waals surface area (Å²) in [7, 11) is 0. The number of halogens is 1. The standard InChI is InChI=1S/C12H13BrS/c1-9(13)5-6-10-3-2-4-11-7-8-14-12(10)11/h2-4,7-9H,5-6H2,1H3. The molecule has 1 unspecified atom stereocenters. The van der Waals surface area contributed by atoms with E-state index >= 15 is 0 Å². The number of thiophene rings is 1. The molecular formula is C12H13BrS. The molecule has 0 radical (unpaired) electrons. The van der Waals surface area contributed by atoms with E-state index in [1.165, 1.54) is 28.5 Å². The van der Waals surface area contributed by atoms with Gasteiger partial charge in [-0.05, 0) is 35.2 Å². The minimum absolute atomic E-state index is 0.609. The lowest BCUT2D eigenvalue weighted by atomic mass is 10.1. The van der Waals surface area contributed by atoms with Crippen LogP contribution in [-0.2, 0) is 6.42 Å². The Morgan fingerprint density at radius 2 is 2.21 bits per heavy atom. The van der Waals surface area contributed by atoms with Crippen molar-refractivity contribution >= 4 is 37.4 Å². The maximum absolute atomic E-state index is 3.59. The maximum atomic E-state index is 3.59. The van der Waals surface area contributed by atoms with Crippen LogP contribution in [0.5, 0.6) is 0 Å². The monoisotopic (exact) mass is 268 g/mol. The van der Waals surface area contributed by atoms with Gasteiger partial charge in [0, 0.05) is 9.53 Å². The van der Waals surface area contributed by atoms with Crippen LogP contribution in [0.2, 0.25) is 0 Å². The molecule has 0 aliphatic heterocycles. The predicted molar refractivity (Wildman–Crippen MR) is 68.5 cm³/mol. The smallest absolute Gasteiger partial charge is 0.0374 e. The van der Waals surface area contributed by atoms with E-state index in [0.29, 0.717) is 4.83 Å². The molecule has 2 heteroatoms. The van der Waals surface area contributed by atoms with Crippen molar-refractivity contribution in [2.75, 3.05) is 0 Å². The van der Waals surface area contributed by atoms with E-state index in [9.17, 15) is 0 Å². The quantitative estimate of drug-likeness (QED) is 0.713. The summed E-state index contributed by atoms with van der Waals surface area (Å²) in [5, 5.41) is 3.56. The fourth-order valence-electron chi connectivity index (χ4n) is 1.61.